The largest absolute Gasteiger partial charge is 0.378 e. The summed E-state index contributed by atoms with van der Waals surface area (Å²) < 4.78 is 6.69. The van der Waals surface area contributed by atoms with Crippen LogP contribution < -0.4 is 4.90 Å². The van der Waals surface area contributed by atoms with Gasteiger partial charge in [0.2, 0.25) is 0 Å². The molecule has 0 N–H and O–H groups in total. The Balaban J connectivity index is 1.64. The average molecular weight is 311 g/mol. The lowest BCUT2D eigenvalue weighted by Gasteiger charge is -2.47. The fourth-order valence-corrected chi connectivity index (χ4v) is 4.87. The van der Waals surface area contributed by atoms with E-state index in [4.69, 9.17) is 4.74 Å². The van der Waals surface area contributed by atoms with E-state index in [0.717, 1.165) is 0 Å². The molecule has 1 heterocycles. The van der Waals surface area contributed by atoms with E-state index < -0.39 is 0 Å². The number of ether oxygens (including phenoxy) is 1. The molecule has 1 saturated heterocycles. The van der Waals surface area contributed by atoms with Crippen LogP contribution >= 0.6 is 0 Å². The van der Waals surface area contributed by atoms with Crippen molar-refractivity contribution in [3.63, 3.8) is 0 Å². The summed E-state index contributed by atoms with van der Waals surface area (Å²) in [5.74, 6) is 1.33. The third kappa shape index (κ3) is 2.82. The zero-order valence-corrected chi connectivity index (χ0v) is 14.5. The van der Waals surface area contributed by atoms with Crippen molar-refractivity contribution in [2.75, 3.05) is 19.0 Å². The minimum absolute atomic E-state index is 0.275. The molecule has 2 fully saturated rings. The Morgan fingerprint density at radius 1 is 0.913 bits per heavy atom. The van der Waals surface area contributed by atoms with Gasteiger partial charge in [-0.05, 0) is 49.8 Å². The van der Waals surface area contributed by atoms with Crippen molar-refractivity contribution in [3.8, 4) is 0 Å². The van der Waals surface area contributed by atoms with E-state index in [2.05, 4.69) is 49.3 Å². The lowest BCUT2D eigenvalue weighted by molar-refractivity contribution is -0.106. The van der Waals surface area contributed by atoms with Crippen LogP contribution in [-0.4, -0.2) is 20.2 Å². The summed E-state index contributed by atoms with van der Waals surface area (Å²) in [5.41, 5.74) is 4.38. The Hall–Kier alpha value is -1.28. The van der Waals surface area contributed by atoms with Crippen LogP contribution in [0.5, 0.6) is 0 Å². The van der Waals surface area contributed by atoms with Gasteiger partial charge in [-0.2, -0.15) is 0 Å². The summed E-state index contributed by atoms with van der Waals surface area (Å²) in [6, 6.07) is 9.04. The molecule has 0 spiro atoms. The first-order chi connectivity index (χ1) is 11.2. The molecular formula is C21H29NO. The van der Waals surface area contributed by atoms with Crippen LogP contribution in [0.15, 0.2) is 35.9 Å². The molecule has 4 atom stereocenters. The van der Waals surface area contributed by atoms with E-state index in [1.165, 1.54) is 56.2 Å². The lowest BCUT2D eigenvalue weighted by Crippen LogP contribution is -2.41. The molecule has 0 aromatic heterocycles. The number of rotatable bonds is 2. The Morgan fingerprint density at radius 3 is 2.43 bits per heavy atom. The summed E-state index contributed by atoms with van der Waals surface area (Å²) in [6.07, 6.45) is 12.5. The number of hydrogen-bond donors (Lipinski definition) is 0. The van der Waals surface area contributed by atoms with E-state index >= 15 is 0 Å². The normalized spacial score (nSPS) is 33.4. The minimum atomic E-state index is 0.275. The Bertz CT molecular complexity index is 574. The summed E-state index contributed by atoms with van der Waals surface area (Å²) in [7, 11) is 4.20. The van der Waals surface area contributed by atoms with Crippen LogP contribution in [0, 0.1) is 11.8 Å². The summed E-state index contributed by atoms with van der Waals surface area (Å²) >= 11 is 0. The molecule has 0 radical (unpaired) electrons. The summed E-state index contributed by atoms with van der Waals surface area (Å²) in [5, 5.41) is 0. The van der Waals surface area contributed by atoms with E-state index in [0.29, 0.717) is 17.9 Å². The van der Waals surface area contributed by atoms with Gasteiger partial charge in [-0.25, -0.2) is 0 Å². The highest BCUT2D eigenvalue weighted by Gasteiger charge is 2.43. The Morgan fingerprint density at radius 2 is 1.65 bits per heavy atom. The molecule has 0 bridgehead atoms. The highest BCUT2D eigenvalue weighted by atomic mass is 16.5. The average Bonchev–Trinajstić information content (AvgIpc) is 2.61. The maximum Gasteiger partial charge on any atom is 0.0894 e. The first-order valence-electron chi connectivity index (χ1n) is 9.37. The van der Waals surface area contributed by atoms with Crippen LogP contribution in [-0.2, 0) is 4.74 Å². The highest BCUT2D eigenvalue weighted by molar-refractivity contribution is 5.46. The number of nitrogens with zero attached hydrogens (tertiary/aromatic N) is 1. The predicted octanol–water partition coefficient (Wildman–Crippen LogP) is 5.11. The fourth-order valence-electron chi connectivity index (χ4n) is 4.87. The van der Waals surface area contributed by atoms with Gasteiger partial charge in [-0.1, -0.05) is 36.6 Å². The second kappa shape index (κ2) is 6.32. The van der Waals surface area contributed by atoms with Gasteiger partial charge in [0.15, 0.2) is 0 Å². The van der Waals surface area contributed by atoms with Gasteiger partial charge in [-0.3, -0.25) is 0 Å². The molecule has 124 valence electrons. The second-order valence-electron chi connectivity index (χ2n) is 7.71. The molecule has 1 saturated carbocycles. The molecule has 1 aromatic rings. The molecule has 0 amide bonds. The van der Waals surface area contributed by atoms with Crippen molar-refractivity contribution >= 4 is 5.69 Å². The first-order valence-corrected chi connectivity index (χ1v) is 9.37. The fraction of sp³-hybridized carbons (Fsp3) is 0.619. The number of benzene rings is 1. The number of hydrogen-bond acceptors (Lipinski definition) is 2. The molecule has 3 aliphatic rings. The van der Waals surface area contributed by atoms with Gasteiger partial charge in [-0.15, -0.1) is 0 Å². The smallest absolute Gasteiger partial charge is 0.0894 e. The van der Waals surface area contributed by atoms with Crippen molar-refractivity contribution in [1.29, 1.82) is 0 Å². The van der Waals surface area contributed by atoms with Gasteiger partial charge < -0.3 is 9.64 Å². The number of anilines is 1. The van der Waals surface area contributed by atoms with Crippen molar-refractivity contribution in [3.05, 3.63) is 41.5 Å². The first kappa shape index (κ1) is 15.3. The van der Waals surface area contributed by atoms with E-state index in [1.54, 1.807) is 5.57 Å². The monoisotopic (exact) mass is 311 g/mol. The molecular weight excluding hydrogens is 282 g/mol. The van der Waals surface area contributed by atoms with Crippen LogP contribution in [0.2, 0.25) is 0 Å². The standard InChI is InChI=1S/C21H29NO/c1-22(2)16-13-11-15(12-14-16)21-19-9-4-3-7-17(19)18-8-5-6-10-20(18)23-21/h7,11-14,18-21H,3-6,8-10H2,1-2H3/t18-,19-,20+,21+/m1/s1. The van der Waals surface area contributed by atoms with Crippen LogP contribution in [0.3, 0.4) is 0 Å². The predicted molar refractivity (Wildman–Crippen MR) is 95.8 cm³/mol. The molecule has 1 aromatic carbocycles. The second-order valence-corrected chi connectivity index (χ2v) is 7.71. The quantitative estimate of drug-likeness (QED) is 0.704. The SMILES string of the molecule is CN(C)c1ccc([C@@H]2O[C@H]3CCCC[C@@H]3C3=CCCC[C@H]32)cc1. The van der Waals surface area contributed by atoms with Crippen molar-refractivity contribution in [2.24, 2.45) is 11.8 Å². The van der Waals surface area contributed by atoms with Crippen LogP contribution in [0.25, 0.3) is 0 Å². The Kier molecular flexibility index (Phi) is 4.19. The van der Waals surface area contributed by atoms with Gasteiger partial charge in [0.05, 0.1) is 12.2 Å². The third-order valence-corrected chi connectivity index (χ3v) is 6.08. The van der Waals surface area contributed by atoms with Gasteiger partial charge in [0, 0.05) is 31.6 Å². The van der Waals surface area contributed by atoms with Crippen molar-refractivity contribution in [1.82, 2.24) is 0 Å². The minimum Gasteiger partial charge on any atom is -0.378 e. The molecule has 23 heavy (non-hydrogen) atoms. The van der Waals surface area contributed by atoms with Crippen molar-refractivity contribution < 1.29 is 4.74 Å². The molecule has 0 unspecified atom stereocenters. The van der Waals surface area contributed by atoms with E-state index in [9.17, 15) is 0 Å². The molecule has 2 heteroatoms. The molecule has 2 aliphatic carbocycles. The van der Waals surface area contributed by atoms with Gasteiger partial charge in [0.1, 0.15) is 0 Å². The molecule has 2 nitrogen and oxygen atoms in total. The van der Waals surface area contributed by atoms with Crippen LogP contribution in [0.4, 0.5) is 5.69 Å². The molecule has 1 aliphatic heterocycles. The number of allylic oxidation sites excluding steroid dienone is 1. The zero-order valence-electron chi connectivity index (χ0n) is 14.5. The highest BCUT2D eigenvalue weighted by Crippen LogP contribution is 2.51. The van der Waals surface area contributed by atoms with Crippen LogP contribution in [0.1, 0.15) is 56.6 Å². The maximum absolute atomic E-state index is 6.69. The topological polar surface area (TPSA) is 12.5 Å². The summed E-state index contributed by atoms with van der Waals surface area (Å²) in [4.78, 5) is 2.16. The van der Waals surface area contributed by atoms with Crippen molar-refractivity contribution in [2.45, 2.75) is 57.2 Å². The summed E-state index contributed by atoms with van der Waals surface area (Å²) in [6.45, 7) is 0. The van der Waals surface area contributed by atoms with Gasteiger partial charge >= 0.3 is 0 Å². The zero-order chi connectivity index (χ0) is 15.8. The van der Waals surface area contributed by atoms with E-state index in [1.807, 2.05) is 0 Å². The maximum atomic E-state index is 6.69. The van der Waals surface area contributed by atoms with E-state index in [-0.39, 0.29) is 6.10 Å². The number of fused-ring (bicyclic) bond motifs is 3. The Labute approximate surface area is 140 Å². The van der Waals surface area contributed by atoms with Gasteiger partial charge in [0.25, 0.3) is 0 Å². The molecule has 4 rings (SSSR count). The lowest BCUT2D eigenvalue weighted by atomic mass is 9.68. The third-order valence-electron chi connectivity index (χ3n) is 6.08.